The minimum atomic E-state index is -0.276. The average molecular weight is 416 g/mol. The van der Waals surface area contributed by atoms with Crippen LogP contribution >= 0.6 is 23.6 Å². The van der Waals surface area contributed by atoms with Gasteiger partial charge >= 0.3 is 0 Å². The number of anilines is 1. The molecule has 0 spiro atoms. The summed E-state index contributed by atoms with van der Waals surface area (Å²) in [6.45, 7) is 7.11. The number of fused-ring (bicyclic) bond motifs is 1. The number of ether oxygens (including phenoxy) is 2. The predicted octanol–water partition coefficient (Wildman–Crippen LogP) is 3.58. The van der Waals surface area contributed by atoms with Crippen LogP contribution in [-0.4, -0.2) is 38.9 Å². The molecule has 4 rings (SSSR count). The first kappa shape index (κ1) is 18.4. The molecule has 1 amide bonds. The van der Waals surface area contributed by atoms with Crippen molar-refractivity contribution in [1.82, 2.24) is 19.7 Å². The van der Waals surface area contributed by atoms with Crippen molar-refractivity contribution in [2.24, 2.45) is 0 Å². The standard InChI is InChI=1S/C18H17N5O3S2/c1-3-6-23-15(21-22-18(23)27)14-10(2)19-17(28-14)20-16(24)11-4-5-12-13(9-11)26-8-7-25-12/h3-5,9H,1,6-8H2,2H3,(H,22,27)(H,19,20,24). The van der Waals surface area contributed by atoms with Gasteiger partial charge in [-0.25, -0.2) is 4.98 Å². The van der Waals surface area contributed by atoms with E-state index in [0.717, 1.165) is 10.6 Å². The number of H-pyrrole nitrogens is 1. The Hall–Kier alpha value is -2.98. The van der Waals surface area contributed by atoms with Crippen molar-refractivity contribution in [1.29, 1.82) is 0 Å². The van der Waals surface area contributed by atoms with Gasteiger partial charge in [0.05, 0.1) is 10.6 Å². The number of allylic oxidation sites excluding steroid dienone is 1. The molecule has 0 aliphatic carbocycles. The smallest absolute Gasteiger partial charge is 0.257 e. The Balaban J connectivity index is 1.58. The molecule has 0 bridgehead atoms. The van der Waals surface area contributed by atoms with Gasteiger partial charge < -0.3 is 9.47 Å². The van der Waals surface area contributed by atoms with E-state index < -0.39 is 0 Å². The molecule has 2 N–H and O–H groups in total. The number of aryl methyl sites for hydroxylation is 1. The molecule has 0 unspecified atom stereocenters. The third-order valence-electron chi connectivity index (χ3n) is 4.09. The van der Waals surface area contributed by atoms with Crippen molar-refractivity contribution in [2.75, 3.05) is 18.5 Å². The summed E-state index contributed by atoms with van der Waals surface area (Å²) in [6.07, 6.45) is 1.75. The lowest BCUT2D eigenvalue weighted by Gasteiger charge is -2.18. The number of nitrogens with one attached hydrogen (secondary N) is 2. The van der Waals surface area contributed by atoms with Gasteiger partial charge in [-0.1, -0.05) is 17.4 Å². The van der Waals surface area contributed by atoms with Gasteiger partial charge in [0.25, 0.3) is 5.91 Å². The largest absolute Gasteiger partial charge is 0.486 e. The van der Waals surface area contributed by atoms with Gasteiger partial charge in [0.2, 0.25) is 0 Å². The second kappa shape index (κ2) is 7.56. The van der Waals surface area contributed by atoms with Gasteiger partial charge in [0.15, 0.2) is 27.2 Å². The van der Waals surface area contributed by atoms with Crippen LogP contribution < -0.4 is 14.8 Å². The fourth-order valence-corrected chi connectivity index (χ4v) is 3.97. The molecule has 0 saturated carbocycles. The summed E-state index contributed by atoms with van der Waals surface area (Å²) < 4.78 is 13.3. The van der Waals surface area contributed by atoms with Crippen molar-refractivity contribution >= 4 is 34.6 Å². The number of aromatic amines is 1. The molecule has 1 aromatic carbocycles. The van der Waals surface area contributed by atoms with E-state index in [1.165, 1.54) is 11.3 Å². The van der Waals surface area contributed by atoms with Crippen molar-refractivity contribution in [2.45, 2.75) is 13.5 Å². The van der Waals surface area contributed by atoms with E-state index in [-0.39, 0.29) is 5.91 Å². The average Bonchev–Trinajstić information content (AvgIpc) is 3.24. The SMILES string of the molecule is C=CCn1c(-c2sc(NC(=O)c3ccc4c(c3)OCCO4)nc2C)n[nH]c1=S. The number of nitrogens with zero attached hydrogens (tertiary/aromatic N) is 3. The highest BCUT2D eigenvalue weighted by Crippen LogP contribution is 2.33. The zero-order valence-corrected chi connectivity index (χ0v) is 16.7. The molecule has 0 fully saturated rings. The highest BCUT2D eigenvalue weighted by molar-refractivity contribution is 7.71. The molecule has 1 aliphatic rings. The van der Waals surface area contributed by atoms with Crippen LogP contribution in [0.2, 0.25) is 0 Å². The summed E-state index contributed by atoms with van der Waals surface area (Å²) in [5.74, 6) is 1.59. The Morgan fingerprint density at radius 2 is 2.21 bits per heavy atom. The zero-order chi connectivity index (χ0) is 19.7. The van der Waals surface area contributed by atoms with Crippen molar-refractivity contribution in [3.8, 4) is 22.2 Å². The topological polar surface area (TPSA) is 94.1 Å². The summed E-state index contributed by atoms with van der Waals surface area (Å²) in [4.78, 5) is 17.9. The number of hydrogen-bond donors (Lipinski definition) is 2. The Bertz CT molecular complexity index is 1110. The number of hydrogen-bond acceptors (Lipinski definition) is 7. The lowest BCUT2D eigenvalue weighted by atomic mass is 10.2. The minimum absolute atomic E-state index is 0.276. The first-order valence-corrected chi connectivity index (χ1v) is 9.74. The minimum Gasteiger partial charge on any atom is -0.486 e. The lowest BCUT2D eigenvalue weighted by Crippen LogP contribution is -2.17. The number of benzene rings is 1. The molecule has 0 atom stereocenters. The first-order chi connectivity index (χ1) is 13.6. The Morgan fingerprint density at radius 1 is 1.43 bits per heavy atom. The summed E-state index contributed by atoms with van der Waals surface area (Å²) in [6, 6.07) is 5.09. The van der Waals surface area contributed by atoms with E-state index >= 15 is 0 Å². The van der Waals surface area contributed by atoms with Gasteiger partial charge in [-0.05, 0) is 37.3 Å². The molecule has 10 heteroatoms. The number of carbonyl (C=O) groups excluding carboxylic acids is 1. The van der Waals surface area contributed by atoms with Gasteiger partial charge in [-0.2, -0.15) is 5.10 Å². The Labute approximate surface area is 169 Å². The van der Waals surface area contributed by atoms with E-state index in [2.05, 4.69) is 27.1 Å². The summed E-state index contributed by atoms with van der Waals surface area (Å²) in [7, 11) is 0. The Kier molecular flexibility index (Phi) is 4.97. The predicted molar refractivity (Wildman–Crippen MR) is 109 cm³/mol. The van der Waals surface area contributed by atoms with E-state index in [9.17, 15) is 4.79 Å². The third kappa shape index (κ3) is 3.43. The van der Waals surface area contributed by atoms with Crippen LogP contribution in [0.5, 0.6) is 11.5 Å². The molecular formula is C18H17N5O3S2. The highest BCUT2D eigenvalue weighted by atomic mass is 32.1. The maximum Gasteiger partial charge on any atom is 0.257 e. The fourth-order valence-electron chi connectivity index (χ4n) is 2.80. The van der Waals surface area contributed by atoms with E-state index in [4.69, 9.17) is 21.7 Å². The molecule has 8 nitrogen and oxygen atoms in total. The number of aromatic nitrogens is 4. The van der Waals surface area contributed by atoms with Crippen LogP contribution in [0.15, 0.2) is 30.9 Å². The van der Waals surface area contributed by atoms with Crippen LogP contribution in [0.3, 0.4) is 0 Å². The zero-order valence-electron chi connectivity index (χ0n) is 15.0. The van der Waals surface area contributed by atoms with Crippen molar-refractivity contribution in [3.63, 3.8) is 0 Å². The van der Waals surface area contributed by atoms with Crippen molar-refractivity contribution < 1.29 is 14.3 Å². The highest BCUT2D eigenvalue weighted by Gasteiger charge is 2.19. The third-order valence-corrected chi connectivity index (χ3v) is 5.47. The number of rotatable bonds is 5. The number of carbonyl (C=O) groups is 1. The lowest BCUT2D eigenvalue weighted by molar-refractivity contribution is 0.102. The van der Waals surface area contributed by atoms with Crippen LogP contribution in [0.25, 0.3) is 10.7 Å². The molecule has 3 aromatic rings. The summed E-state index contributed by atoms with van der Waals surface area (Å²) in [5, 5.41) is 10.4. The molecule has 144 valence electrons. The van der Waals surface area contributed by atoms with Gasteiger partial charge in [-0.15, -0.1) is 6.58 Å². The van der Waals surface area contributed by atoms with Crippen LogP contribution in [-0.2, 0) is 6.54 Å². The van der Waals surface area contributed by atoms with Crippen molar-refractivity contribution in [3.05, 3.63) is 46.9 Å². The Morgan fingerprint density at radius 3 is 3.00 bits per heavy atom. The quantitative estimate of drug-likeness (QED) is 0.489. The van der Waals surface area contributed by atoms with Gasteiger partial charge in [-0.3, -0.25) is 19.8 Å². The molecule has 2 aromatic heterocycles. The molecule has 0 radical (unpaired) electrons. The second-order valence-corrected chi connectivity index (χ2v) is 7.38. The molecule has 3 heterocycles. The van der Waals surface area contributed by atoms with Crippen LogP contribution in [0, 0.1) is 11.7 Å². The fraction of sp³-hybridized carbons (Fsp3) is 0.222. The summed E-state index contributed by atoms with van der Waals surface area (Å²) in [5.41, 5.74) is 1.22. The first-order valence-electron chi connectivity index (χ1n) is 8.51. The molecule has 0 saturated heterocycles. The normalized spacial score (nSPS) is 12.6. The number of amides is 1. The van der Waals surface area contributed by atoms with Gasteiger partial charge in [0.1, 0.15) is 13.2 Å². The monoisotopic (exact) mass is 415 g/mol. The maximum atomic E-state index is 12.6. The maximum absolute atomic E-state index is 12.6. The van der Waals surface area contributed by atoms with Crippen LogP contribution in [0.4, 0.5) is 5.13 Å². The van der Waals surface area contributed by atoms with Gasteiger partial charge in [0, 0.05) is 12.1 Å². The van der Waals surface area contributed by atoms with E-state index in [1.54, 1.807) is 24.3 Å². The van der Waals surface area contributed by atoms with Crippen LogP contribution in [0.1, 0.15) is 16.1 Å². The molecular weight excluding hydrogens is 398 g/mol. The molecule has 28 heavy (non-hydrogen) atoms. The summed E-state index contributed by atoms with van der Waals surface area (Å²) >= 11 is 6.60. The van der Waals surface area contributed by atoms with E-state index in [0.29, 0.717) is 52.5 Å². The number of thiazole rings is 1. The second-order valence-electron chi connectivity index (χ2n) is 6.00. The van der Waals surface area contributed by atoms with E-state index in [1.807, 2.05) is 11.5 Å². The molecule has 1 aliphatic heterocycles.